The highest BCUT2D eigenvalue weighted by atomic mass is 32.2. The molecule has 0 unspecified atom stereocenters. The van der Waals surface area contributed by atoms with Gasteiger partial charge in [-0.25, -0.2) is 8.78 Å². The first kappa shape index (κ1) is 19.5. The van der Waals surface area contributed by atoms with Gasteiger partial charge in [0, 0.05) is 22.4 Å². The molecule has 5 nitrogen and oxygen atoms in total. The number of hydrogen-bond acceptors (Lipinski definition) is 4. The maximum absolute atomic E-state index is 14.6. The quantitative estimate of drug-likeness (QED) is 0.341. The van der Waals surface area contributed by atoms with Gasteiger partial charge >= 0.3 is 0 Å². The van der Waals surface area contributed by atoms with Crippen molar-refractivity contribution in [2.24, 2.45) is 0 Å². The van der Waals surface area contributed by atoms with E-state index in [1.807, 2.05) is 30.3 Å². The average molecular weight is 400 g/mol. The van der Waals surface area contributed by atoms with Crippen molar-refractivity contribution in [3.8, 4) is 0 Å². The molecular formula is C20H14F2N2O3S. The Morgan fingerprint density at radius 3 is 2.36 bits per heavy atom. The van der Waals surface area contributed by atoms with Crippen LogP contribution in [-0.2, 0) is 5.75 Å². The zero-order valence-electron chi connectivity index (χ0n) is 14.4. The standard InChI is InChI=1S/C20H14F2N2O3S/c21-14-6-8-15(9-7-14)23-20(25)19-17(22)10-16(24(26)27)11-18(19)28-12-13-4-2-1-3-5-13/h1-11H,12H2,(H,23,25). The SMILES string of the molecule is O=C(Nc1ccc(F)cc1)c1c(F)cc([N+](=O)[O-])cc1SCc1ccccc1. The number of thioether (sulfide) groups is 1. The molecule has 3 aromatic rings. The number of carbonyl (C=O) groups excluding carboxylic acids is 1. The second-order valence-corrected chi connectivity index (χ2v) is 6.81. The number of rotatable bonds is 6. The molecule has 1 amide bonds. The number of nitrogens with one attached hydrogen (secondary N) is 1. The van der Waals surface area contributed by atoms with Crippen LogP contribution >= 0.6 is 11.8 Å². The van der Waals surface area contributed by atoms with Gasteiger partial charge in [0.05, 0.1) is 16.6 Å². The minimum atomic E-state index is -0.996. The van der Waals surface area contributed by atoms with E-state index in [0.717, 1.165) is 29.5 Å². The van der Waals surface area contributed by atoms with Gasteiger partial charge in [0.2, 0.25) is 0 Å². The number of nitro benzene ring substituents is 1. The number of non-ortho nitro benzene ring substituents is 1. The molecule has 28 heavy (non-hydrogen) atoms. The van der Waals surface area contributed by atoms with Gasteiger partial charge in [0.25, 0.3) is 11.6 Å². The molecule has 8 heteroatoms. The molecule has 0 fully saturated rings. The maximum Gasteiger partial charge on any atom is 0.273 e. The van der Waals surface area contributed by atoms with Crippen LogP contribution in [0.15, 0.2) is 71.6 Å². The van der Waals surface area contributed by atoms with Gasteiger partial charge < -0.3 is 5.32 Å². The molecule has 3 rings (SSSR count). The van der Waals surface area contributed by atoms with E-state index in [1.54, 1.807) is 0 Å². The predicted octanol–water partition coefficient (Wildman–Crippen LogP) is 5.42. The lowest BCUT2D eigenvalue weighted by molar-refractivity contribution is -0.385. The van der Waals surface area contributed by atoms with Gasteiger partial charge in [-0.3, -0.25) is 14.9 Å². The third-order valence-corrected chi connectivity index (χ3v) is 4.93. The lowest BCUT2D eigenvalue weighted by atomic mass is 10.1. The fourth-order valence-electron chi connectivity index (χ4n) is 2.47. The molecule has 142 valence electrons. The number of halogens is 2. The molecule has 0 heterocycles. The van der Waals surface area contributed by atoms with Gasteiger partial charge in [-0.05, 0) is 29.8 Å². The second kappa shape index (κ2) is 8.62. The third-order valence-electron chi connectivity index (χ3n) is 3.82. The average Bonchev–Trinajstić information content (AvgIpc) is 2.68. The van der Waals surface area contributed by atoms with Crippen molar-refractivity contribution in [2.75, 3.05) is 5.32 Å². The Bertz CT molecular complexity index is 1010. The van der Waals surface area contributed by atoms with Crippen LogP contribution in [0.2, 0.25) is 0 Å². The Balaban J connectivity index is 1.92. The predicted molar refractivity (Wildman–Crippen MR) is 103 cm³/mol. The largest absolute Gasteiger partial charge is 0.322 e. The summed E-state index contributed by atoms with van der Waals surface area (Å²) in [6, 6.07) is 16.1. The van der Waals surface area contributed by atoms with E-state index in [0.29, 0.717) is 11.8 Å². The highest BCUT2D eigenvalue weighted by molar-refractivity contribution is 7.98. The van der Waals surface area contributed by atoms with E-state index in [4.69, 9.17) is 0 Å². The summed E-state index contributed by atoms with van der Waals surface area (Å²) in [4.78, 5) is 23.1. The highest BCUT2D eigenvalue weighted by Crippen LogP contribution is 2.32. The lowest BCUT2D eigenvalue weighted by Crippen LogP contribution is -2.15. The Hall–Kier alpha value is -3.26. The summed E-state index contributed by atoms with van der Waals surface area (Å²) in [7, 11) is 0. The van der Waals surface area contributed by atoms with Crippen LogP contribution in [0.5, 0.6) is 0 Å². The smallest absolute Gasteiger partial charge is 0.273 e. The minimum absolute atomic E-state index is 0.148. The first-order valence-electron chi connectivity index (χ1n) is 8.15. The van der Waals surface area contributed by atoms with Crippen LogP contribution in [0.4, 0.5) is 20.2 Å². The lowest BCUT2D eigenvalue weighted by Gasteiger charge is -2.11. The first-order chi connectivity index (χ1) is 13.4. The third kappa shape index (κ3) is 4.72. The van der Waals surface area contributed by atoms with E-state index in [2.05, 4.69) is 5.32 Å². The number of carbonyl (C=O) groups is 1. The molecule has 0 bridgehead atoms. The van der Waals surface area contributed by atoms with Gasteiger partial charge in [-0.1, -0.05) is 30.3 Å². The summed E-state index contributed by atoms with van der Waals surface area (Å²) < 4.78 is 27.6. The topological polar surface area (TPSA) is 72.2 Å². The normalized spacial score (nSPS) is 10.5. The molecule has 0 atom stereocenters. The van der Waals surface area contributed by atoms with Crippen molar-refractivity contribution in [2.45, 2.75) is 10.6 Å². The number of anilines is 1. The minimum Gasteiger partial charge on any atom is -0.322 e. The summed E-state index contributed by atoms with van der Waals surface area (Å²) in [5, 5.41) is 13.6. The zero-order valence-corrected chi connectivity index (χ0v) is 15.2. The number of benzene rings is 3. The van der Waals surface area contributed by atoms with E-state index in [-0.39, 0.29) is 16.1 Å². The molecule has 0 aliphatic rings. The van der Waals surface area contributed by atoms with Crippen molar-refractivity contribution < 1.29 is 18.5 Å². The van der Waals surface area contributed by atoms with E-state index >= 15 is 0 Å². The number of nitro groups is 1. The van der Waals surface area contributed by atoms with Crippen molar-refractivity contribution in [1.82, 2.24) is 0 Å². The number of hydrogen-bond donors (Lipinski definition) is 1. The molecule has 1 N–H and O–H groups in total. The van der Waals surface area contributed by atoms with Crippen LogP contribution in [0, 0.1) is 21.7 Å². The van der Waals surface area contributed by atoms with Crippen molar-refractivity contribution in [3.05, 3.63) is 99.6 Å². The molecule has 3 aromatic carbocycles. The summed E-state index contributed by atoms with van der Waals surface area (Å²) in [6.45, 7) is 0. The summed E-state index contributed by atoms with van der Waals surface area (Å²) in [6.07, 6.45) is 0. The summed E-state index contributed by atoms with van der Waals surface area (Å²) in [5.41, 5.74) is 0.467. The zero-order chi connectivity index (χ0) is 20.1. The van der Waals surface area contributed by atoms with Crippen LogP contribution in [-0.4, -0.2) is 10.8 Å². The van der Waals surface area contributed by atoms with Crippen LogP contribution in [0.25, 0.3) is 0 Å². The maximum atomic E-state index is 14.6. The fraction of sp³-hybridized carbons (Fsp3) is 0.0500. The number of amides is 1. The first-order valence-corrected chi connectivity index (χ1v) is 9.14. The molecule has 0 saturated heterocycles. The van der Waals surface area contributed by atoms with E-state index < -0.39 is 28.2 Å². The molecule has 0 saturated carbocycles. The molecular weight excluding hydrogens is 386 g/mol. The highest BCUT2D eigenvalue weighted by Gasteiger charge is 2.22. The van der Waals surface area contributed by atoms with Gasteiger partial charge in [0.15, 0.2) is 0 Å². The van der Waals surface area contributed by atoms with Crippen LogP contribution in [0.3, 0.4) is 0 Å². The van der Waals surface area contributed by atoms with Gasteiger partial charge in [-0.15, -0.1) is 11.8 Å². The summed E-state index contributed by atoms with van der Waals surface area (Å²) >= 11 is 1.12. The molecule has 0 aliphatic carbocycles. The Morgan fingerprint density at radius 1 is 1.04 bits per heavy atom. The number of nitrogens with zero attached hydrogens (tertiary/aromatic N) is 1. The second-order valence-electron chi connectivity index (χ2n) is 5.79. The van der Waals surface area contributed by atoms with Crippen molar-refractivity contribution in [3.63, 3.8) is 0 Å². The Kier molecular flexibility index (Phi) is 6.00. The Labute approximate surface area is 163 Å². The van der Waals surface area contributed by atoms with Crippen molar-refractivity contribution >= 4 is 29.0 Å². The molecule has 0 aliphatic heterocycles. The summed E-state index contributed by atoms with van der Waals surface area (Å²) in [5.74, 6) is -1.84. The molecule has 0 radical (unpaired) electrons. The van der Waals surface area contributed by atoms with Crippen LogP contribution in [0.1, 0.15) is 15.9 Å². The van der Waals surface area contributed by atoms with Gasteiger partial charge in [0.1, 0.15) is 11.6 Å². The van der Waals surface area contributed by atoms with Gasteiger partial charge in [-0.2, -0.15) is 0 Å². The Morgan fingerprint density at radius 2 is 1.71 bits per heavy atom. The molecule has 0 spiro atoms. The van der Waals surface area contributed by atoms with E-state index in [9.17, 15) is 23.7 Å². The fourth-order valence-corrected chi connectivity index (χ4v) is 3.52. The van der Waals surface area contributed by atoms with Crippen LogP contribution < -0.4 is 5.32 Å². The monoisotopic (exact) mass is 400 g/mol. The van der Waals surface area contributed by atoms with Crippen molar-refractivity contribution in [1.29, 1.82) is 0 Å². The van der Waals surface area contributed by atoms with E-state index in [1.165, 1.54) is 18.2 Å². The molecule has 0 aromatic heterocycles.